The molecule has 106 valence electrons. The molecule has 0 spiro atoms. The summed E-state index contributed by atoms with van der Waals surface area (Å²) in [6, 6.07) is 7.61. The third-order valence-electron chi connectivity index (χ3n) is 2.90. The van der Waals surface area contributed by atoms with Crippen LogP contribution in [0.4, 0.5) is 0 Å². The molecule has 1 rings (SSSR count). The summed E-state index contributed by atoms with van der Waals surface area (Å²) < 4.78 is 5.55. The van der Waals surface area contributed by atoms with Crippen LogP contribution in [-0.2, 0) is 4.79 Å². The number of ether oxygens (including phenoxy) is 1. The molecule has 0 aliphatic rings. The molecule has 2 atom stereocenters. The topological polar surface area (TPSA) is 64.3 Å². The molecule has 0 aliphatic heterocycles. The molecule has 0 aliphatic carbocycles. The largest absolute Gasteiger partial charge is 0.483 e. The number of rotatable bonds is 7. The van der Waals surface area contributed by atoms with Crippen LogP contribution in [0, 0.1) is 0 Å². The zero-order valence-corrected chi connectivity index (χ0v) is 12.0. The van der Waals surface area contributed by atoms with Crippen molar-refractivity contribution in [3.63, 3.8) is 0 Å². The molecule has 0 aromatic heterocycles. The van der Waals surface area contributed by atoms with Crippen molar-refractivity contribution in [3.05, 3.63) is 29.8 Å². The highest BCUT2D eigenvalue weighted by atomic mass is 16.5. The van der Waals surface area contributed by atoms with Gasteiger partial charge in [0.25, 0.3) is 5.91 Å². The van der Waals surface area contributed by atoms with Gasteiger partial charge in [-0.1, -0.05) is 31.5 Å². The smallest absolute Gasteiger partial charge is 0.258 e. The summed E-state index contributed by atoms with van der Waals surface area (Å²) in [5.41, 5.74) is 6.77. The molecule has 0 fully saturated rings. The van der Waals surface area contributed by atoms with Crippen LogP contribution in [0.2, 0.25) is 0 Å². The fourth-order valence-corrected chi connectivity index (χ4v) is 1.95. The summed E-state index contributed by atoms with van der Waals surface area (Å²) in [4.78, 5) is 11.7. The molecule has 0 saturated carbocycles. The van der Waals surface area contributed by atoms with E-state index in [1.54, 1.807) is 0 Å². The van der Waals surface area contributed by atoms with Crippen molar-refractivity contribution in [2.75, 3.05) is 6.61 Å². The Morgan fingerprint density at radius 2 is 2.05 bits per heavy atom. The zero-order valence-electron chi connectivity index (χ0n) is 12.0. The van der Waals surface area contributed by atoms with Crippen LogP contribution >= 0.6 is 0 Å². The van der Waals surface area contributed by atoms with Crippen molar-refractivity contribution in [1.29, 1.82) is 0 Å². The van der Waals surface area contributed by atoms with Gasteiger partial charge in [-0.3, -0.25) is 4.79 Å². The van der Waals surface area contributed by atoms with Crippen LogP contribution in [0.25, 0.3) is 0 Å². The van der Waals surface area contributed by atoms with Crippen molar-refractivity contribution < 1.29 is 9.53 Å². The first kappa shape index (κ1) is 15.5. The molecule has 0 saturated heterocycles. The van der Waals surface area contributed by atoms with Crippen LogP contribution in [0.15, 0.2) is 24.3 Å². The van der Waals surface area contributed by atoms with Gasteiger partial charge in [0.2, 0.25) is 0 Å². The highest BCUT2D eigenvalue weighted by Gasteiger charge is 2.10. The molecule has 19 heavy (non-hydrogen) atoms. The number of para-hydroxylation sites is 1. The summed E-state index contributed by atoms with van der Waals surface area (Å²) in [7, 11) is 0. The molecule has 4 heteroatoms. The first-order chi connectivity index (χ1) is 9.04. The number of benzene rings is 1. The number of nitrogens with two attached hydrogens (primary N) is 1. The molecular formula is C15H24N2O2. The number of amides is 1. The van der Waals surface area contributed by atoms with Gasteiger partial charge in [-0.05, 0) is 26.3 Å². The maximum Gasteiger partial charge on any atom is 0.258 e. The monoisotopic (exact) mass is 264 g/mol. The SMILES string of the molecule is CCCC(C)NC(=O)COc1ccccc1[C@H](C)N. The van der Waals surface area contributed by atoms with Gasteiger partial charge in [0.15, 0.2) is 6.61 Å². The van der Waals surface area contributed by atoms with Crippen LogP contribution < -0.4 is 15.8 Å². The third kappa shape index (κ3) is 5.30. The highest BCUT2D eigenvalue weighted by Crippen LogP contribution is 2.22. The second-order valence-electron chi connectivity index (χ2n) is 4.87. The van der Waals surface area contributed by atoms with Crippen LogP contribution in [0.3, 0.4) is 0 Å². The lowest BCUT2D eigenvalue weighted by molar-refractivity contribution is -0.123. The van der Waals surface area contributed by atoms with Crippen LogP contribution in [0.1, 0.15) is 45.2 Å². The van der Waals surface area contributed by atoms with Crippen molar-refractivity contribution in [2.24, 2.45) is 5.73 Å². The van der Waals surface area contributed by atoms with Gasteiger partial charge >= 0.3 is 0 Å². The van der Waals surface area contributed by atoms with Crippen LogP contribution in [0.5, 0.6) is 5.75 Å². The van der Waals surface area contributed by atoms with E-state index in [4.69, 9.17) is 10.5 Å². The van der Waals surface area contributed by atoms with Gasteiger partial charge in [-0.15, -0.1) is 0 Å². The summed E-state index contributed by atoms with van der Waals surface area (Å²) in [6.07, 6.45) is 2.03. The molecule has 1 amide bonds. The van der Waals surface area contributed by atoms with E-state index in [2.05, 4.69) is 12.2 Å². The number of nitrogens with one attached hydrogen (secondary N) is 1. The molecule has 0 radical (unpaired) electrons. The van der Waals surface area contributed by atoms with Gasteiger partial charge in [-0.2, -0.15) is 0 Å². The van der Waals surface area contributed by atoms with Crippen molar-refractivity contribution >= 4 is 5.91 Å². The molecular weight excluding hydrogens is 240 g/mol. The van der Waals surface area contributed by atoms with E-state index in [0.717, 1.165) is 18.4 Å². The average molecular weight is 264 g/mol. The lowest BCUT2D eigenvalue weighted by Gasteiger charge is -2.15. The highest BCUT2D eigenvalue weighted by molar-refractivity contribution is 5.77. The Labute approximate surface area is 115 Å². The van der Waals surface area contributed by atoms with Gasteiger partial charge in [0, 0.05) is 17.6 Å². The lowest BCUT2D eigenvalue weighted by atomic mass is 10.1. The predicted molar refractivity (Wildman–Crippen MR) is 77.1 cm³/mol. The number of carbonyl (C=O) groups excluding carboxylic acids is 1. The Kier molecular flexibility index (Phi) is 6.36. The summed E-state index contributed by atoms with van der Waals surface area (Å²) in [6.45, 7) is 6.01. The first-order valence-corrected chi connectivity index (χ1v) is 6.81. The molecule has 4 nitrogen and oxygen atoms in total. The van der Waals surface area contributed by atoms with Crippen molar-refractivity contribution in [2.45, 2.75) is 45.7 Å². The van der Waals surface area contributed by atoms with Gasteiger partial charge < -0.3 is 15.8 Å². The molecule has 1 unspecified atom stereocenters. The molecule has 1 aromatic carbocycles. The molecule has 0 bridgehead atoms. The standard InChI is InChI=1S/C15H24N2O2/c1-4-7-11(2)17-15(18)10-19-14-9-6-5-8-13(14)12(3)16/h5-6,8-9,11-12H,4,7,10,16H2,1-3H3,(H,17,18)/t11?,12-/m0/s1. The maximum atomic E-state index is 11.7. The fraction of sp³-hybridized carbons (Fsp3) is 0.533. The van der Waals surface area contributed by atoms with Crippen LogP contribution in [-0.4, -0.2) is 18.6 Å². The number of carbonyl (C=O) groups is 1. The fourth-order valence-electron chi connectivity index (χ4n) is 1.95. The third-order valence-corrected chi connectivity index (χ3v) is 2.90. The second kappa shape index (κ2) is 7.79. The van der Waals surface area contributed by atoms with Gasteiger partial charge in [-0.25, -0.2) is 0 Å². The van der Waals surface area contributed by atoms with Gasteiger partial charge in [0.1, 0.15) is 5.75 Å². The molecule has 0 heterocycles. The Morgan fingerprint density at radius 1 is 1.37 bits per heavy atom. The number of hydrogen-bond donors (Lipinski definition) is 2. The molecule has 3 N–H and O–H groups in total. The summed E-state index contributed by atoms with van der Waals surface area (Å²) in [5.74, 6) is 0.580. The van der Waals surface area contributed by atoms with E-state index in [9.17, 15) is 4.79 Å². The van der Waals surface area contributed by atoms with E-state index in [0.29, 0.717) is 5.75 Å². The number of hydrogen-bond acceptors (Lipinski definition) is 3. The minimum atomic E-state index is -0.113. The van der Waals surface area contributed by atoms with E-state index in [1.165, 1.54) is 0 Å². The predicted octanol–water partition coefficient (Wildman–Crippen LogP) is 2.39. The first-order valence-electron chi connectivity index (χ1n) is 6.81. The Bertz CT molecular complexity index is 405. The Balaban J connectivity index is 2.50. The quantitative estimate of drug-likeness (QED) is 0.794. The normalized spacial score (nSPS) is 13.7. The van der Waals surface area contributed by atoms with Crippen molar-refractivity contribution in [1.82, 2.24) is 5.32 Å². The second-order valence-corrected chi connectivity index (χ2v) is 4.87. The Hall–Kier alpha value is -1.55. The van der Waals surface area contributed by atoms with Crippen molar-refractivity contribution in [3.8, 4) is 5.75 Å². The maximum absolute atomic E-state index is 11.7. The summed E-state index contributed by atoms with van der Waals surface area (Å²) >= 11 is 0. The van der Waals surface area contributed by atoms with E-state index < -0.39 is 0 Å². The van der Waals surface area contributed by atoms with Gasteiger partial charge in [0.05, 0.1) is 0 Å². The summed E-state index contributed by atoms with van der Waals surface area (Å²) in [5, 5.41) is 2.90. The van der Waals surface area contributed by atoms with E-state index >= 15 is 0 Å². The van der Waals surface area contributed by atoms with E-state index in [1.807, 2.05) is 38.1 Å². The zero-order chi connectivity index (χ0) is 14.3. The minimum Gasteiger partial charge on any atom is -0.483 e. The van der Waals surface area contributed by atoms with E-state index in [-0.39, 0.29) is 24.6 Å². The average Bonchev–Trinajstić information content (AvgIpc) is 2.36. The lowest BCUT2D eigenvalue weighted by Crippen LogP contribution is -2.36. The minimum absolute atomic E-state index is 0.0256. The Morgan fingerprint density at radius 3 is 2.68 bits per heavy atom. The molecule has 1 aromatic rings.